The summed E-state index contributed by atoms with van der Waals surface area (Å²) in [6.07, 6.45) is 1.98. The van der Waals surface area contributed by atoms with Crippen LogP contribution in [-0.4, -0.2) is 59.5 Å². The monoisotopic (exact) mass is 606 g/mol. The van der Waals surface area contributed by atoms with E-state index in [0.717, 1.165) is 25.9 Å². The van der Waals surface area contributed by atoms with Crippen molar-refractivity contribution in [2.75, 3.05) is 38.1 Å². The summed E-state index contributed by atoms with van der Waals surface area (Å²) in [5.41, 5.74) is 3.97. The molecule has 4 aromatic rings. The zero-order valence-electron chi connectivity index (χ0n) is 24.9. The molecule has 7 nitrogen and oxygen atoms in total. The van der Waals surface area contributed by atoms with Crippen LogP contribution in [0, 0.1) is 0 Å². The van der Waals surface area contributed by atoms with Gasteiger partial charge in [-0.2, -0.15) is 0 Å². The predicted molar refractivity (Wildman–Crippen MR) is 179 cm³/mol. The molecule has 2 amide bonds. The first-order valence-electron chi connectivity index (χ1n) is 15.1. The van der Waals surface area contributed by atoms with E-state index in [1.165, 1.54) is 11.1 Å². The third kappa shape index (κ3) is 7.89. The van der Waals surface area contributed by atoms with Crippen molar-refractivity contribution in [1.82, 2.24) is 15.1 Å². The molecule has 0 aliphatic carbocycles. The van der Waals surface area contributed by atoms with E-state index in [0.29, 0.717) is 42.3 Å². The second-order valence-corrected chi connectivity index (χ2v) is 11.1. The fourth-order valence-electron chi connectivity index (χ4n) is 5.41. The maximum Gasteiger partial charge on any atom is 0.257 e. The van der Waals surface area contributed by atoms with Crippen molar-refractivity contribution >= 4 is 34.8 Å². The number of carbonyl (C=O) groups is 2. The lowest BCUT2D eigenvalue weighted by Crippen LogP contribution is -2.50. The highest BCUT2D eigenvalue weighted by Gasteiger charge is 2.29. The standard InChI is InChI=1S/C36H38N4O3S/c1-2-3-25-43-30-18-12-17-29(26-30)34(41)38-36(44)37-32-20-11-10-19-31(32)35(42)40-23-21-39(22-24-40)33(27-13-6-4-7-14-27)28-15-8-5-9-16-28/h4-20,26,33H,2-3,21-25H2,1H3,(H2,37,38,41,44). The van der Waals surface area contributed by atoms with Crippen LogP contribution in [0.4, 0.5) is 5.69 Å². The highest BCUT2D eigenvalue weighted by Crippen LogP contribution is 2.30. The van der Waals surface area contributed by atoms with E-state index in [4.69, 9.17) is 17.0 Å². The molecule has 1 fully saturated rings. The molecule has 0 unspecified atom stereocenters. The molecule has 0 radical (unpaired) electrons. The second-order valence-electron chi connectivity index (χ2n) is 10.7. The number of piperazine rings is 1. The van der Waals surface area contributed by atoms with E-state index in [1.807, 2.05) is 35.2 Å². The molecule has 1 aliphatic rings. The van der Waals surface area contributed by atoms with Gasteiger partial charge in [-0.15, -0.1) is 0 Å². The van der Waals surface area contributed by atoms with Crippen molar-refractivity contribution in [3.63, 3.8) is 0 Å². The summed E-state index contributed by atoms with van der Waals surface area (Å²) in [6, 6.07) is 35.4. The lowest BCUT2D eigenvalue weighted by atomic mass is 9.96. The molecule has 0 spiro atoms. The van der Waals surface area contributed by atoms with Gasteiger partial charge in [0.05, 0.1) is 23.9 Å². The number of unbranched alkanes of at least 4 members (excludes halogenated alkanes) is 1. The van der Waals surface area contributed by atoms with Crippen LogP contribution in [-0.2, 0) is 0 Å². The van der Waals surface area contributed by atoms with Gasteiger partial charge in [0.25, 0.3) is 11.8 Å². The van der Waals surface area contributed by atoms with Crippen molar-refractivity contribution in [2.45, 2.75) is 25.8 Å². The van der Waals surface area contributed by atoms with Crippen LogP contribution in [0.1, 0.15) is 57.7 Å². The topological polar surface area (TPSA) is 73.9 Å². The van der Waals surface area contributed by atoms with Crippen LogP contribution in [0.25, 0.3) is 0 Å². The number of hydrogen-bond donors (Lipinski definition) is 2. The van der Waals surface area contributed by atoms with Gasteiger partial charge in [0.2, 0.25) is 0 Å². The summed E-state index contributed by atoms with van der Waals surface area (Å²) in [5, 5.41) is 5.91. The normalized spacial score (nSPS) is 13.4. The molecule has 1 heterocycles. The van der Waals surface area contributed by atoms with Gasteiger partial charge in [0.1, 0.15) is 5.75 Å². The zero-order chi connectivity index (χ0) is 30.7. The van der Waals surface area contributed by atoms with Crippen molar-refractivity contribution in [3.05, 3.63) is 131 Å². The highest BCUT2D eigenvalue weighted by atomic mass is 32.1. The van der Waals surface area contributed by atoms with Crippen LogP contribution < -0.4 is 15.4 Å². The van der Waals surface area contributed by atoms with Crippen LogP contribution in [0.15, 0.2) is 109 Å². The molecule has 4 aromatic carbocycles. The Kier molecular flexibility index (Phi) is 10.7. The summed E-state index contributed by atoms with van der Waals surface area (Å²) in [7, 11) is 0. The van der Waals surface area contributed by atoms with Gasteiger partial charge in [-0.1, -0.05) is 92.2 Å². The van der Waals surface area contributed by atoms with Gasteiger partial charge in [-0.25, -0.2) is 0 Å². The minimum absolute atomic E-state index is 0.0743. The molecular weight excluding hydrogens is 568 g/mol. The number of thiocarbonyl (C=S) groups is 1. The minimum atomic E-state index is -0.352. The number of hydrogen-bond acceptors (Lipinski definition) is 5. The van der Waals surface area contributed by atoms with E-state index in [1.54, 1.807) is 30.3 Å². The number of amides is 2. The third-order valence-corrected chi connectivity index (χ3v) is 7.90. The summed E-state index contributed by atoms with van der Waals surface area (Å²) in [6.45, 7) is 5.38. The van der Waals surface area contributed by atoms with Gasteiger partial charge < -0.3 is 15.0 Å². The molecule has 44 heavy (non-hydrogen) atoms. The predicted octanol–water partition coefficient (Wildman–Crippen LogP) is 6.54. The molecule has 0 aromatic heterocycles. The molecule has 5 rings (SSSR count). The number of nitrogens with one attached hydrogen (secondary N) is 2. The Labute approximate surface area is 264 Å². The quantitative estimate of drug-likeness (QED) is 0.158. The van der Waals surface area contributed by atoms with Crippen molar-refractivity contribution in [1.29, 1.82) is 0 Å². The Balaban J connectivity index is 1.21. The van der Waals surface area contributed by atoms with E-state index in [2.05, 4.69) is 71.0 Å². The van der Waals surface area contributed by atoms with E-state index in [9.17, 15) is 9.59 Å². The van der Waals surface area contributed by atoms with Crippen LogP contribution in [0.3, 0.4) is 0 Å². The minimum Gasteiger partial charge on any atom is -0.494 e. The average molecular weight is 607 g/mol. The van der Waals surface area contributed by atoms with E-state index in [-0.39, 0.29) is 23.0 Å². The van der Waals surface area contributed by atoms with Crippen LogP contribution >= 0.6 is 12.2 Å². The Hall–Kier alpha value is -4.53. The summed E-state index contributed by atoms with van der Waals surface area (Å²) >= 11 is 5.46. The highest BCUT2D eigenvalue weighted by molar-refractivity contribution is 7.80. The number of rotatable bonds is 10. The molecule has 0 saturated carbocycles. The summed E-state index contributed by atoms with van der Waals surface area (Å²) in [4.78, 5) is 31.0. The Morgan fingerprint density at radius 2 is 1.45 bits per heavy atom. The Bertz CT molecular complexity index is 1520. The zero-order valence-corrected chi connectivity index (χ0v) is 25.8. The van der Waals surface area contributed by atoms with Crippen molar-refractivity contribution in [3.8, 4) is 5.75 Å². The molecular formula is C36H38N4O3S. The Morgan fingerprint density at radius 1 is 0.818 bits per heavy atom. The maximum absolute atomic E-state index is 13.7. The van der Waals surface area contributed by atoms with Gasteiger partial charge in [0, 0.05) is 31.7 Å². The molecule has 0 atom stereocenters. The smallest absolute Gasteiger partial charge is 0.257 e. The first-order chi connectivity index (χ1) is 21.5. The third-order valence-electron chi connectivity index (χ3n) is 7.69. The van der Waals surface area contributed by atoms with Gasteiger partial charge in [-0.3, -0.25) is 19.8 Å². The first kappa shape index (κ1) is 30.9. The molecule has 2 N–H and O–H groups in total. The fourth-order valence-corrected chi connectivity index (χ4v) is 5.61. The van der Waals surface area contributed by atoms with Gasteiger partial charge in [-0.05, 0) is 60.1 Å². The number of ether oxygens (including phenoxy) is 1. The lowest BCUT2D eigenvalue weighted by Gasteiger charge is -2.40. The van der Waals surface area contributed by atoms with Crippen LogP contribution in [0.2, 0.25) is 0 Å². The number of benzene rings is 4. The van der Waals surface area contributed by atoms with Gasteiger partial charge in [0.15, 0.2) is 5.11 Å². The molecule has 226 valence electrons. The van der Waals surface area contributed by atoms with Crippen LogP contribution in [0.5, 0.6) is 5.75 Å². The summed E-state index contributed by atoms with van der Waals surface area (Å²) in [5.74, 6) is 0.212. The average Bonchev–Trinajstić information content (AvgIpc) is 3.06. The summed E-state index contributed by atoms with van der Waals surface area (Å²) < 4.78 is 5.73. The SMILES string of the molecule is CCCCOc1cccc(C(=O)NC(=S)Nc2ccccc2C(=O)N2CCN(C(c3ccccc3)c3ccccc3)CC2)c1. The number of nitrogens with zero attached hydrogens (tertiary/aromatic N) is 2. The van der Waals surface area contributed by atoms with Gasteiger partial charge >= 0.3 is 0 Å². The first-order valence-corrected chi connectivity index (χ1v) is 15.5. The van der Waals surface area contributed by atoms with E-state index >= 15 is 0 Å². The Morgan fingerprint density at radius 3 is 2.11 bits per heavy atom. The second kappa shape index (κ2) is 15.3. The molecule has 0 bridgehead atoms. The number of anilines is 1. The van der Waals surface area contributed by atoms with Crippen molar-refractivity contribution in [2.24, 2.45) is 0 Å². The number of para-hydroxylation sites is 1. The van der Waals surface area contributed by atoms with Crippen molar-refractivity contribution < 1.29 is 14.3 Å². The largest absolute Gasteiger partial charge is 0.494 e. The molecule has 8 heteroatoms. The van der Waals surface area contributed by atoms with E-state index < -0.39 is 0 Å². The maximum atomic E-state index is 13.7. The molecule has 1 saturated heterocycles. The number of carbonyl (C=O) groups excluding carboxylic acids is 2. The lowest BCUT2D eigenvalue weighted by molar-refractivity contribution is 0.0598. The fraction of sp³-hybridized carbons (Fsp3) is 0.250. The molecule has 1 aliphatic heterocycles.